The van der Waals surface area contributed by atoms with Crippen LogP contribution in [-0.2, 0) is 10.0 Å². The van der Waals surface area contributed by atoms with Crippen molar-refractivity contribution >= 4 is 49.2 Å². The highest BCUT2D eigenvalue weighted by Crippen LogP contribution is 2.27. The number of hydrogen-bond donors (Lipinski definition) is 2. The first-order valence-electron chi connectivity index (χ1n) is 7.89. The second kappa shape index (κ2) is 7.47. The lowest BCUT2D eigenvalue weighted by atomic mass is 10.2. The van der Waals surface area contributed by atoms with Crippen LogP contribution >= 0.6 is 22.7 Å². The van der Waals surface area contributed by atoms with Gasteiger partial charge < -0.3 is 5.32 Å². The minimum Gasteiger partial charge on any atom is -0.332 e. The summed E-state index contributed by atoms with van der Waals surface area (Å²) in [5, 5.41) is 7.69. The molecule has 0 atom stereocenters. The topological polar surface area (TPSA) is 84.0 Å². The van der Waals surface area contributed by atoms with Crippen molar-refractivity contribution in [1.82, 2.24) is 9.97 Å². The molecule has 3 aromatic heterocycles. The number of thiophene rings is 1. The molecule has 0 radical (unpaired) electrons. The number of nitrogens with zero attached hydrogens (tertiary/aromatic N) is 2. The van der Waals surface area contributed by atoms with Crippen LogP contribution in [0.3, 0.4) is 0 Å². The normalized spacial score (nSPS) is 11.3. The standard InChI is InChI=1S/C18H14N4O2S3/c23-27(24,17-2-1-11-25-17)22-15-5-3-14(4-6-15)20-18-21-16(12-26-18)13-7-9-19-10-8-13/h1-12,22H,(H,20,21). The maximum atomic E-state index is 12.2. The molecule has 3 heterocycles. The summed E-state index contributed by atoms with van der Waals surface area (Å²) in [7, 11) is -3.54. The highest BCUT2D eigenvalue weighted by molar-refractivity contribution is 7.94. The summed E-state index contributed by atoms with van der Waals surface area (Å²) in [6.07, 6.45) is 3.47. The molecule has 0 saturated heterocycles. The number of pyridine rings is 1. The summed E-state index contributed by atoms with van der Waals surface area (Å²) in [5.74, 6) is 0. The zero-order valence-electron chi connectivity index (χ0n) is 13.9. The molecule has 0 aliphatic carbocycles. The molecule has 6 nitrogen and oxygen atoms in total. The van der Waals surface area contributed by atoms with Crippen LogP contribution in [0.4, 0.5) is 16.5 Å². The molecule has 27 heavy (non-hydrogen) atoms. The molecule has 2 N–H and O–H groups in total. The van der Waals surface area contributed by atoms with Gasteiger partial charge in [0.05, 0.1) is 5.69 Å². The SMILES string of the molecule is O=S(=O)(Nc1ccc(Nc2nc(-c3ccncc3)cs2)cc1)c1cccs1. The van der Waals surface area contributed by atoms with Crippen molar-refractivity contribution in [2.45, 2.75) is 4.21 Å². The Morgan fingerprint density at radius 1 is 0.889 bits per heavy atom. The smallest absolute Gasteiger partial charge is 0.271 e. The third-order valence-corrected chi connectivity index (χ3v) is 7.17. The van der Waals surface area contributed by atoms with Gasteiger partial charge in [-0.3, -0.25) is 9.71 Å². The van der Waals surface area contributed by atoms with Gasteiger partial charge in [-0.25, -0.2) is 13.4 Å². The van der Waals surface area contributed by atoms with Crippen molar-refractivity contribution in [2.75, 3.05) is 10.0 Å². The highest BCUT2D eigenvalue weighted by atomic mass is 32.2. The Hall–Kier alpha value is -2.75. The van der Waals surface area contributed by atoms with Crippen LogP contribution in [0.5, 0.6) is 0 Å². The fourth-order valence-electron chi connectivity index (χ4n) is 2.35. The Labute approximate surface area is 164 Å². The van der Waals surface area contributed by atoms with E-state index in [2.05, 4.69) is 20.0 Å². The maximum Gasteiger partial charge on any atom is 0.271 e. The first-order valence-corrected chi connectivity index (χ1v) is 11.1. The first-order chi connectivity index (χ1) is 13.1. The summed E-state index contributed by atoms with van der Waals surface area (Å²) in [6.45, 7) is 0. The van der Waals surface area contributed by atoms with Crippen LogP contribution < -0.4 is 10.0 Å². The van der Waals surface area contributed by atoms with Crippen LogP contribution in [0, 0.1) is 0 Å². The highest BCUT2D eigenvalue weighted by Gasteiger charge is 2.15. The van der Waals surface area contributed by atoms with Gasteiger partial charge in [0.15, 0.2) is 5.13 Å². The van der Waals surface area contributed by atoms with E-state index in [1.807, 2.05) is 17.5 Å². The Bertz CT molecular complexity index is 1120. The van der Waals surface area contributed by atoms with E-state index in [1.54, 1.807) is 54.2 Å². The second-order valence-corrected chi connectivity index (χ2v) is 9.23. The molecule has 0 fully saturated rings. The predicted molar refractivity (Wildman–Crippen MR) is 110 cm³/mol. The van der Waals surface area contributed by atoms with Crippen LogP contribution in [0.2, 0.25) is 0 Å². The molecular formula is C18H14N4O2S3. The van der Waals surface area contributed by atoms with Crippen LogP contribution in [0.15, 0.2) is 75.9 Å². The van der Waals surface area contributed by atoms with Gasteiger partial charge >= 0.3 is 0 Å². The number of hydrogen-bond acceptors (Lipinski definition) is 7. The average molecular weight is 415 g/mol. The molecule has 0 bridgehead atoms. The average Bonchev–Trinajstić information content (AvgIpc) is 3.36. The lowest BCUT2D eigenvalue weighted by molar-refractivity contribution is 0.603. The number of benzene rings is 1. The van der Waals surface area contributed by atoms with Crippen molar-refractivity contribution in [1.29, 1.82) is 0 Å². The third-order valence-electron chi connectivity index (χ3n) is 3.63. The summed E-state index contributed by atoms with van der Waals surface area (Å²) in [5.41, 5.74) is 3.22. The second-order valence-electron chi connectivity index (χ2n) is 5.51. The van der Waals surface area contributed by atoms with E-state index in [0.29, 0.717) is 5.69 Å². The van der Waals surface area contributed by atoms with Gasteiger partial charge in [-0.05, 0) is 47.8 Å². The van der Waals surface area contributed by atoms with Gasteiger partial charge in [-0.2, -0.15) is 0 Å². The van der Waals surface area contributed by atoms with Gasteiger partial charge in [-0.15, -0.1) is 22.7 Å². The van der Waals surface area contributed by atoms with Crippen LogP contribution in [0.1, 0.15) is 0 Å². The monoisotopic (exact) mass is 414 g/mol. The van der Waals surface area contributed by atoms with E-state index >= 15 is 0 Å². The number of rotatable bonds is 6. The number of anilines is 3. The quantitative estimate of drug-likeness (QED) is 0.473. The van der Waals surface area contributed by atoms with Gasteiger partial charge in [-0.1, -0.05) is 6.07 Å². The first kappa shape index (κ1) is 17.7. The molecular weight excluding hydrogens is 400 g/mol. The zero-order chi connectivity index (χ0) is 18.7. The summed E-state index contributed by atoms with van der Waals surface area (Å²) in [6, 6.07) is 14.1. The Kier molecular flexibility index (Phi) is 4.88. The van der Waals surface area contributed by atoms with E-state index in [0.717, 1.165) is 22.1 Å². The minimum absolute atomic E-state index is 0.288. The predicted octanol–water partition coefficient (Wildman–Crippen LogP) is 4.81. The van der Waals surface area contributed by atoms with E-state index < -0.39 is 10.0 Å². The molecule has 136 valence electrons. The molecule has 0 saturated carbocycles. The van der Waals surface area contributed by atoms with Crippen LogP contribution in [-0.4, -0.2) is 18.4 Å². The van der Waals surface area contributed by atoms with E-state index in [9.17, 15) is 8.42 Å². The molecule has 0 amide bonds. The van der Waals surface area contributed by atoms with Crippen molar-refractivity contribution in [2.24, 2.45) is 0 Å². The molecule has 1 aromatic carbocycles. The molecule has 9 heteroatoms. The van der Waals surface area contributed by atoms with Crippen molar-refractivity contribution < 1.29 is 8.42 Å². The van der Waals surface area contributed by atoms with E-state index in [1.165, 1.54) is 22.7 Å². The van der Waals surface area contributed by atoms with E-state index in [-0.39, 0.29) is 4.21 Å². The van der Waals surface area contributed by atoms with Gasteiger partial charge in [0.2, 0.25) is 0 Å². The van der Waals surface area contributed by atoms with E-state index in [4.69, 9.17) is 0 Å². The Balaban J connectivity index is 1.45. The molecule has 0 aliphatic rings. The molecule has 0 aliphatic heterocycles. The zero-order valence-corrected chi connectivity index (χ0v) is 16.3. The van der Waals surface area contributed by atoms with Gasteiger partial charge in [0, 0.05) is 34.7 Å². The number of aromatic nitrogens is 2. The number of thiazole rings is 1. The maximum absolute atomic E-state index is 12.2. The fourth-order valence-corrected chi connectivity index (χ4v) is 5.14. The molecule has 0 unspecified atom stereocenters. The Morgan fingerprint density at radius 2 is 1.63 bits per heavy atom. The van der Waals surface area contributed by atoms with Crippen molar-refractivity contribution in [3.05, 3.63) is 71.7 Å². The van der Waals surface area contributed by atoms with Crippen molar-refractivity contribution in [3.8, 4) is 11.3 Å². The number of nitrogens with one attached hydrogen (secondary N) is 2. The number of sulfonamides is 1. The Morgan fingerprint density at radius 3 is 2.33 bits per heavy atom. The summed E-state index contributed by atoms with van der Waals surface area (Å²) < 4.78 is 27.4. The summed E-state index contributed by atoms with van der Waals surface area (Å²) >= 11 is 2.68. The molecule has 4 rings (SSSR count). The molecule has 0 spiro atoms. The largest absolute Gasteiger partial charge is 0.332 e. The minimum atomic E-state index is -3.54. The van der Waals surface area contributed by atoms with Crippen LogP contribution in [0.25, 0.3) is 11.3 Å². The molecule has 4 aromatic rings. The summed E-state index contributed by atoms with van der Waals surface area (Å²) in [4.78, 5) is 8.57. The lowest BCUT2D eigenvalue weighted by Gasteiger charge is -2.08. The third kappa shape index (κ3) is 4.16. The lowest BCUT2D eigenvalue weighted by Crippen LogP contribution is -2.11. The van der Waals surface area contributed by atoms with Gasteiger partial charge in [0.25, 0.3) is 10.0 Å². The van der Waals surface area contributed by atoms with Crippen molar-refractivity contribution in [3.63, 3.8) is 0 Å². The fraction of sp³-hybridized carbons (Fsp3) is 0. The van der Waals surface area contributed by atoms with Gasteiger partial charge in [0.1, 0.15) is 4.21 Å².